The maximum Gasteiger partial charge on any atom is 0.416 e. The number of hydrogen-bond donors (Lipinski definition) is 3. The van der Waals surface area contributed by atoms with Crippen molar-refractivity contribution >= 4 is 32.7 Å². The highest BCUT2D eigenvalue weighted by Gasteiger charge is 2.32. The van der Waals surface area contributed by atoms with E-state index in [0.29, 0.717) is 17.4 Å². The van der Waals surface area contributed by atoms with Gasteiger partial charge < -0.3 is 10.6 Å². The number of alkyl halides is 3. The zero-order valence-corrected chi connectivity index (χ0v) is 14.4. The third kappa shape index (κ3) is 3.75. The standard InChI is InChI=1S/C14H16F3N5O3S/c1-26(24,25)22(7-12(23)19-9-5-18-6-9)13-10-4-8(14(15,16)17)2-3-11(10)20-21-13/h2-4,9,18H,5-7H2,1H3,(H,19,23)(H,20,21). The van der Waals surface area contributed by atoms with E-state index in [1.807, 2.05) is 0 Å². The first-order chi connectivity index (χ1) is 12.1. The molecule has 1 aromatic heterocycles. The number of amides is 1. The molecule has 1 aliphatic heterocycles. The number of anilines is 1. The number of sulfonamides is 1. The van der Waals surface area contributed by atoms with Crippen LogP contribution in [-0.2, 0) is 21.0 Å². The highest BCUT2D eigenvalue weighted by Crippen LogP contribution is 2.34. The van der Waals surface area contributed by atoms with Crippen LogP contribution in [0.5, 0.6) is 0 Å². The third-order valence-electron chi connectivity index (χ3n) is 3.94. The molecule has 1 amide bonds. The average molecular weight is 391 g/mol. The molecule has 1 aromatic carbocycles. The van der Waals surface area contributed by atoms with Gasteiger partial charge in [-0.15, -0.1) is 0 Å². The third-order valence-corrected chi connectivity index (χ3v) is 5.04. The van der Waals surface area contributed by atoms with Crippen LogP contribution in [0.15, 0.2) is 18.2 Å². The molecule has 0 atom stereocenters. The summed E-state index contributed by atoms with van der Waals surface area (Å²) in [7, 11) is -3.95. The lowest BCUT2D eigenvalue weighted by Gasteiger charge is -2.29. The second-order valence-electron chi connectivity index (χ2n) is 6.00. The van der Waals surface area contributed by atoms with E-state index in [2.05, 4.69) is 20.8 Å². The number of carbonyl (C=O) groups is 1. The first-order valence-electron chi connectivity index (χ1n) is 7.59. The molecule has 1 saturated heterocycles. The van der Waals surface area contributed by atoms with Gasteiger partial charge in [0.25, 0.3) is 0 Å². The fourth-order valence-corrected chi connectivity index (χ4v) is 3.32. The summed E-state index contributed by atoms with van der Waals surface area (Å²) in [5.41, 5.74) is -0.712. The minimum atomic E-state index is -4.59. The predicted octanol–water partition coefficient (Wildman–Crippen LogP) is 0.436. The van der Waals surface area contributed by atoms with Crippen molar-refractivity contribution in [3.63, 3.8) is 0 Å². The van der Waals surface area contributed by atoms with Crippen molar-refractivity contribution in [2.75, 3.05) is 30.2 Å². The number of benzene rings is 1. The van der Waals surface area contributed by atoms with Crippen LogP contribution in [-0.4, -0.2) is 56.5 Å². The van der Waals surface area contributed by atoms with E-state index in [1.54, 1.807) is 0 Å². The van der Waals surface area contributed by atoms with Gasteiger partial charge in [-0.25, -0.2) is 12.7 Å². The summed E-state index contributed by atoms with van der Waals surface area (Å²) >= 11 is 0. The molecule has 26 heavy (non-hydrogen) atoms. The van der Waals surface area contributed by atoms with E-state index in [4.69, 9.17) is 0 Å². The average Bonchev–Trinajstić information content (AvgIpc) is 2.89. The van der Waals surface area contributed by atoms with Crippen molar-refractivity contribution in [3.8, 4) is 0 Å². The van der Waals surface area contributed by atoms with Crippen LogP contribution >= 0.6 is 0 Å². The smallest absolute Gasteiger partial charge is 0.349 e. The number of nitrogens with zero attached hydrogens (tertiary/aromatic N) is 2. The lowest BCUT2D eigenvalue weighted by molar-refractivity contribution is -0.137. The first-order valence-corrected chi connectivity index (χ1v) is 9.43. The Balaban J connectivity index is 1.97. The summed E-state index contributed by atoms with van der Waals surface area (Å²) in [4.78, 5) is 12.1. The van der Waals surface area contributed by atoms with Gasteiger partial charge in [0.1, 0.15) is 6.54 Å². The summed E-state index contributed by atoms with van der Waals surface area (Å²) in [5, 5.41) is 11.9. The Bertz CT molecular complexity index is 937. The number of nitrogens with one attached hydrogen (secondary N) is 3. The monoisotopic (exact) mass is 391 g/mol. The molecule has 3 N–H and O–H groups in total. The Morgan fingerprint density at radius 3 is 2.62 bits per heavy atom. The molecule has 1 fully saturated rings. The molecule has 1 aliphatic rings. The molecule has 142 valence electrons. The fraction of sp³-hybridized carbons (Fsp3) is 0.429. The molecule has 0 unspecified atom stereocenters. The molecule has 2 heterocycles. The molecule has 0 radical (unpaired) electrons. The largest absolute Gasteiger partial charge is 0.416 e. The van der Waals surface area contributed by atoms with Crippen LogP contribution in [0.2, 0.25) is 0 Å². The maximum atomic E-state index is 13.0. The number of aromatic nitrogens is 2. The number of hydrogen-bond acceptors (Lipinski definition) is 5. The molecule has 0 spiro atoms. The first kappa shape index (κ1) is 18.5. The molecule has 0 saturated carbocycles. The molecule has 2 aromatic rings. The minimum absolute atomic E-state index is 0.0386. The normalized spacial score (nSPS) is 15.7. The van der Waals surface area contributed by atoms with Crippen LogP contribution in [0, 0.1) is 0 Å². The Morgan fingerprint density at radius 1 is 1.38 bits per heavy atom. The second-order valence-corrected chi connectivity index (χ2v) is 7.90. The fourth-order valence-electron chi connectivity index (χ4n) is 2.51. The van der Waals surface area contributed by atoms with Crippen molar-refractivity contribution in [1.82, 2.24) is 20.8 Å². The number of H-pyrrole nitrogens is 1. The number of rotatable bonds is 5. The van der Waals surface area contributed by atoms with Gasteiger partial charge in [-0.05, 0) is 18.2 Å². The Kier molecular flexibility index (Phi) is 4.56. The number of carbonyl (C=O) groups excluding carboxylic acids is 1. The van der Waals surface area contributed by atoms with Gasteiger partial charge in [0.2, 0.25) is 15.9 Å². The Hall–Kier alpha value is -2.34. The van der Waals surface area contributed by atoms with Crippen LogP contribution in [0.4, 0.5) is 19.0 Å². The van der Waals surface area contributed by atoms with Crippen LogP contribution in [0.25, 0.3) is 10.9 Å². The van der Waals surface area contributed by atoms with Gasteiger partial charge in [0.05, 0.1) is 23.4 Å². The number of aromatic amines is 1. The number of fused-ring (bicyclic) bond motifs is 1. The van der Waals surface area contributed by atoms with E-state index in [1.165, 1.54) is 0 Å². The van der Waals surface area contributed by atoms with Gasteiger partial charge >= 0.3 is 6.18 Å². The van der Waals surface area contributed by atoms with Gasteiger partial charge in [-0.2, -0.15) is 18.3 Å². The second kappa shape index (κ2) is 6.43. The SMILES string of the molecule is CS(=O)(=O)N(CC(=O)NC1CNC1)c1n[nH]c2ccc(C(F)(F)F)cc12. The molecule has 8 nitrogen and oxygen atoms in total. The van der Waals surface area contributed by atoms with Crippen molar-refractivity contribution in [2.45, 2.75) is 12.2 Å². The van der Waals surface area contributed by atoms with Crippen molar-refractivity contribution in [3.05, 3.63) is 23.8 Å². The molecule has 12 heteroatoms. The van der Waals surface area contributed by atoms with E-state index < -0.39 is 34.2 Å². The predicted molar refractivity (Wildman–Crippen MR) is 88.1 cm³/mol. The highest BCUT2D eigenvalue weighted by molar-refractivity contribution is 7.92. The van der Waals surface area contributed by atoms with E-state index in [0.717, 1.165) is 24.5 Å². The summed E-state index contributed by atoms with van der Waals surface area (Å²) in [5.74, 6) is -0.819. The Labute approximate surface area is 146 Å². The van der Waals surface area contributed by atoms with Gasteiger partial charge in [-0.1, -0.05) is 0 Å². The van der Waals surface area contributed by atoms with E-state index in [9.17, 15) is 26.4 Å². The number of halogens is 3. The Morgan fingerprint density at radius 2 is 2.08 bits per heavy atom. The van der Waals surface area contributed by atoms with Gasteiger partial charge in [-0.3, -0.25) is 9.89 Å². The van der Waals surface area contributed by atoms with Gasteiger partial charge in [0.15, 0.2) is 5.82 Å². The lowest BCUT2D eigenvalue weighted by atomic mass is 10.1. The van der Waals surface area contributed by atoms with Gasteiger partial charge in [0, 0.05) is 18.5 Å². The zero-order chi connectivity index (χ0) is 19.1. The molecular formula is C14H16F3N5O3S. The summed E-state index contributed by atoms with van der Waals surface area (Å²) < 4.78 is 63.8. The maximum absolute atomic E-state index is 13.0. The van der Waals surface area contributed by atoms with Crippen molar-refractivity contribution < 1.29 is 26.4 Å². The molecule has 3 rings (SSSR count). The van der Waals surface area contributed by atoms with E-state index >= 15 is 0 Å². The lowest BCUT2D eigenvalue weighted by Crippen LogP contribution is -2.58. The minimum Gasteiger partial charge on any atom is -0.349 e. The van der Waals surface area contributed by atoms with Crippen LogP contribution in [0.3, 0.4) is 0 Å². The molecule has 0 bridgehead atoms. The quantitative estimate of drug-likeness (QED) is 0.686. The molecular weight excluding hydrogens is 375 g/mol. The van der Waals surface area contributed by atoms with Crippen LogP contribution in [0.1, 0.15) is 5.56 Å². The zero-order valence-electron chi connectivity index (χ0n) is 13.6. The summed E-state index contributed by atoms with van der Waals surface area (Å²) in [6.45, 7) is 0.571. The summed E-state index contributed by atoms with van der Waals surface area (Å²) in [6, 6.07) is 2.73. The van der Waals surface area contributed by atoms with Crippen molar-refractivity contribution in [2.24, 2.45) is 0 Å². The summed E-state index contributed by atoms with van der Waals surface area (Å²) in [6.07, 6.45) is -3.73. The molecule has 0 aliphatic carbocycles. The van der Waals surface area contributed by atoms with E-state index in [-0.39, 0.29) is 22.8 Å². The van der Waals surface area contributed by atoms with Crippen molar-refractivity contribution in [1.29, 1.82) is 0 Å². The topological polar surface area (TPSA) is 107 Å². The highest BCUT2D eigenvalue weighted by atomic mass is 32.2. The van der Waals surface area contributed by atoms with Crippen LogP contribution < -0.4 is 14.9 Å².